The van der Waals surface area contributed by atoms with Crippen LogP contribution in [-0.2, 0) is 0 Å². The van der Waals surface area contributed by atoms with Crippen molar-refractivity contribution < 1.29 is 18.3 Å². The molecule has 1 aliphatic rings. The van der Waals surface area contributed by atoms with Gasteiger partial charge in [0.25, 0.3) is 0 Å². The molecule has 0 spiro atoms. The van der Waals surface area contributed by atoms with Crippen LogP contribution in [-0.4, -0.2) is 42.7 Å². The van der Waals surface area contributed by atoms with Crippen molar-refractivity contribution in [3.63, 3.8) is 0 Å². The van der Waals surface area contributed by atoms with E-state index in [0.717, 1.165) is 25.9 Å². The van der Waals surface area contributed by atoms with Gasteiger partial charge in [-0.05, 0) is 26.0 Å². The standard InChI is InChI=1S/C12H16F2N2O2.C2H6/c1-16-6-4-9(5-7-16)17-10-2-3-11(15-8-10)18-12(13)14;1-2/h2-3,8-9,12H,4-7H2,1H3;1-2H3. The van der Waals surface area contributed by atoms with Gasteiger partial charge in [0.2, 0.25) is 5.88 Å². The number of halogens is 2. The Hall–Kier alpha value is -1.43. The summed E-state index contributed by atoms with van der Waals surface area (Å²) in [6, 6.07) is 2.99. The number of ether oxygens (including phenoxy) is 2. The van der Waals surface area contributed by atoms with E-state index in [0.29, 0.717) is 5.75 Å². The molecule has 1 fully saturated rings. The van der Waals surface area contributed by atoms with Crippen molar-refractivity contribution >= 4 is 0 Å². The van der Waals surface area contributed by atoms with E-state index in [1.54, 1.807) is 6.07 Å². The normalized spacial score (nSPS) is 16.5. The number of aromatic nitrogens is 1. The van der Waals surface area contributed by atoms with Crippen molar-refractivity contribution in [3.8, 4) is 11.6 Å². The molecule has 0 radical (unpaired) electrons. The average molecular weight is 288 g/mol. The number of alkyl halides is 2. The fourth-order valence-electron chi connectivity index (χ4n) is 1.89. The van der Waals surface area contributed by atoms with Crippen LogP contribution in [0.5, 0.6) is 11.6 Å². The van der Waals surface area contributed by atoms with E-state index in [1.807, 2.05) is 13.8 Å². The van der Waals surface area contributed by atoms with Crippen LogP contribution in [0.15, 0.2) is 18.3 Å². The average Bonchev–Trinajstić information content (AvgIpc) is 2.45. The van der Waals surface area contributed by atoms with E-state index in [-0.39, 0.29) is 12.0 Å². The third kappa shape index (κ3) is 5.69. The Morgan fingerprint density at radius 3 is 2.40 bits per heavy atom. The molecular weight excluding hydrogens is 266 g/mol. The second-order valence-corrected chi connectivity index (χ2v) is 4.33. The smallest absolute Gasteiger partial charge is 0.388 e. The van der Waals surface area contributed by atoms with Crippen LogP contribution in [0.2, 0.25) is 0 Å². The molecule has 2 heterocycles. The van der Waals surface area contributed by atoms with E-state index in [2.05, 4.69) is 21.7 Å². The second-order valence-electron chi connectivity index (χ2n) is 4.33. The highest BCUT2D eigenvalue weighted by molar-refractivity contribution is 5.23. The summed E-state index contributed by atoms with van der Waals surface area (Å²) in [7, 11) is 2.08. The van der Waals surface area contributed by atoms with E-state index >= 15 is 0 Å². The minimum absolute atomic E-state index is 0.0965. The summed E-state index contributed by atoms with van der Waals surface area (Å²) in [5, 5.41) is 0. The molecule has 0 saturated carbocycles. The summed E-state index contributed by atoms with van der Waals surface area (Å²) in [5.41, 5.74) is 0. The van der Waals surface area contributed by atoms with Gasteiger partial charge in [0.05, 0.1) is 6.20 Å². The first-order chi connectivity index (χ1) is 9.63. The van der Waals surface area contributed by atoms with Crippen LogP contribution in [0.4, 0.5) is 8.78 Å². The van der Waals surface area contributed by atoms with Crippen molar-refractivity contribution in [1.29, 1.82) is 0 Å². The van der Waals surface area contributed by atoms with Crippen molar-refractivity contribution in [2.75, 3.05) is 20.1 Å². The molecule has 114 valence electrons. The third-order valence-electron chi connectivity index (χ3n) is 2.89. The Labute approximate surface area is 118 Å². The van der Waals surface area contributed by atoms with E-state index in [1.165, 1.54) is 12.3 Å². The van der Waals surface area contributed by atoms with Gasteiger partial charge in [0.1, 0.15) is 11.9 Å². The Bertz CT molecular complexity index is 366. The second kappa shape index (κ2) is 8.68. The molecule has 4 nitrogen and oxygen atoms in total. The predicted molar refractivity (Wildman–Crippen MR) is 73.4 cm³/mol. The molecule has 0 aliphatic carbocycles. The Morgan fingerprint density at radius 1 is 1.25 bits per heavy atom. The number of piperidine rings is 1. The van der Waals surface area contributed by atoms with Crippen LogP contribution < -0.4 is 9.47 Å². The quantitative estimate of drug-likeness (QED) is 0.852. The lowest BCUT2D eigenvalue weighted by Gasteiger charge is -2.29. The zero-order valence-electron chi connectivity index (χ0n) is 12.2. The summed E-state index contributed by atoms with van der Waals surface area (Å²) in [6.07, 6.45) is 3.51. The molecule has 20 heavy (non-hydrogen) atoms. The molecule has 1 saturated heterocycles. The number of nitrogens with zero attached hydrogens (tertiary/aromatic N) is 2. The largest absolute Gasteiger partial charge is 0.489 e. The number of rotatable bonds is 4. The van der Waals surface area contributed by atoms with Crippen LogP contribution in [0.1, 0.15) is 26.7 Å². The Balaban J connectivity index is 0.000000956. The zero-order chi connectivity index (χ0) is 15.0. The summed E-state index contributed by atoms with van der Waals surface area (Å²) in [5.74, 6) is 0.492. The Kier molecular flexibility index (Phi) is 7.22. The lowest BCUT2D eigenvalue weighted by molar-refractivity contribution is -0.0529. The highest BCUT2D eigenvalue weighted by atomic mass is 19.3. The lowest BCUT2D eigenvalue weighted by Crippen LogP contribution is -2.35. The SMILES string of the molecule is CC.CN1CCC(Oc2ccc(OC(F)F)nc2)CC1. The summed E-state index contributed by atoms with van der Waals surface area (Å²) < 4.78 is 33.8. The van der Waals surface area contributed by atoms with Crippen LogP contribution in [0.25, 0.3) is 0 Å². The minimum Gasteiger partial charge on any atom is -0.489 e. The van der Waals surface area contributed by atoms with Crippen molar-refractivity contribution in [1.82, 2.24) is 9.88 Å². The van der Waals surface area contributed by atoms with Gasteiger partial charge < -0.3 is 14.4 Å². The molecular formula is C14H22F2N2O2. The molecule has 2 rings (SSSR count). The van der Waals surface area contributed by atoms with Crippen LogP contribution in [0, 0.1) is 0 Å². The maximum absolute atomic E-state index is 11.9. The van der Waals surface area contributed by atoms with Gasteiger partial charge in [-0.1, -0.05) is 13.8 Å². The van der Waals surface area contributed by atoms with Gasteiger partial charge in [-0.15, -0.1) is 0 Å². The summed E-state index contributed by atoms with van der Waals surface area (Å²) in [6.45, 7) is 3.16. The molecule has 0 unspecified atom stereocenters. The predicted octanol–water partition coefficient (Wildman–Crippen LogP) is 3.18. The highest BCUT2D eigenvalue weighted by Crippen LogP contribution is 2.20. The van der Waals surface area contributed by atoms with Gasteiger partial charge >= 0.3 is 6.61 Å². The van der Waals surface area contributed by atoms with Gasteiger partial charge in [-0.3, -0.25) is 0 Å². The highest BCUT2D eigenvalue weighted by Gasteiger charge is 2.18. The van der Waals surface area contributed by atoms with E-state index in [4.69, 9.17) is 4.74 Å². The molecule has 0 amide bonds. The number of likely N-dealkylation sites (tertiary alicyclic amines) is 1. The molecule has 1 aromatic heterocycles. The fourth-order valence-corrected chi connectivity index (χ4v) is 1.89. The number of pyridine rings is 1. The van der Waals surface area contributed by atoms with Crippen molar-refractivity contribution in [2.24, 2.45) is 0 Å². The molecule has 0 N–H and O–H groups in total. The van der Waals surface area contributed by atoms with Crippen molar-refractivity contribution in [3.05, 3.63) is 18.3 Å². The monoisotopic (exact) mass is 288 g/mol. The molecule has 6 heteroatoms. The van der Waals surface area contributed by atoms with Crippen LogP contribution >= 0.6 is 0 Å². The molecule has 0 atom stereocenters. The fraction of sp³-hybridized carbons (Fsp3) is 0.643. The van der Waals surface area contributed by atoms with E-state index in [9.17, 15) is 8.78 Å². The Morgan fingerprint density at radius 2 is 1.90 bits per heavy atom. The van der Waals surface area contributed by atoms with Gasteiger partial charge in [0, 0.05) is 19.2 Å². The van der Waals surface area contributed by atoms with Gasteiger partial charge in [0.15, 0.2) is 0 Å². The topological polar surface area (TPSA) is 34.6 Å². The molecule has 1 aromatic rings. The first kappa shape index (κ1) is 16.6. The lowest BCUT2D eigenvalue weighted by atomic mass is 10.1. The molecule has 0 bridgehead atoms. The van der Waals surface area contributed by atoms with Crippen molar-refractivity contribution in [2.45, 2.75) is 39.4 Å². The number of hydrogen-bond acceptors (Lipinski definition) is 4. The maximum atomic E-state index is 11.9. The number of hydrogen-bond donors (Lipinski definition) is 0. The third-order valence-corrected chi connectivity index (χ3v) is 2.89. The zero-order valence-corrected chi connectivity index (χ0v) is 12.2. The van der Waals surface area contributed by atoms with Gasteiger partial charge in [-0.2, -0.15) is 8.78 Å². The minimum atomic E-state index is -2.85. The van der Waals surface area contributed by atoms with E-state index < -0.39 is 6.61 Å². The molecule has 0 aromatic carbocycles. The summed E-state index contributed by atoms with van der Waals surface area (Å²) >= 11 is 0. The first-order valence-corrected chi connectivity index (χ1v) is 6.89. The maximum Gasteiger partial charge on any atom is 0.388 e. The first-order valence-electron chi connectivity index (χ1n) is 6.89. The van der Waals surface area contributed by atoms with Gasteiger partial charge in [-0.25, -0.2) is 4.98 Å². The molecule has 1 aliphatic heterocycles. The van der Waals surface area contributed by atoms with Crippen LogP contribution in [0.3, 0.4) is 0 Å². The summed E-state index contributed by atoms with van der Waals surface area (Å²) in [4.78, 5) is 6.01.